The highest BCUT2D eigenvalue weighted by atomic mass is 35.5. The zero-order valence-corrected chi connectivity index (χ0v) is 17.1. The summed E-state index contributed by atoms with van der Waals surface area (Å²) in [6.07, 6.45) is -0.101. The number of hydrogen-bond acceptors (Lipinski definition) is 5. The number of anilines is 1. The van der Waals surface area contributed by atoms with E-state index in [1.807, 2.05) is 42.2 Å². The number of rotatable bonds is 4. The number of halogens is 2. The Balaban J connectivity index is 0.00000182. The van der Waals surface area contributed by atoms with E-state index in [1.165, 1.54) is 0 Å². The highest BCUT2D eigenvalue weighted by molar-refractivity contribution is 5.92. The van der Waals surface area contributed by atoms with Crippen LogP contribution in [0.1, 0.15) is 6.92 Å². The number of ether oxygens (including phenoxy) is 1. The molecule has 0 unspecified atom stereocenters. The van der Waals surface area contributed by atoms with Crippen LogP contribution in [0.2, 0.25) is 0 Å². The van der Waals surface area contributed by atoms with E-state index in [-0.39, 0.29) is 48.8 Å². The summed E-state index contributed by atoms with van der Waals surface area (Å²) < 4.78 is 5.56. The van der Waals surface area contributed by atoms with Crippen molar-refractivity contribution in [2.45, 2.75) is 19.1 Å². The number of piperazine rings is 1. The summed E-state index contributed by atoms with van der Waals surface area (Å²) in [6.45, 7) is 6.32. The van der Waals surface area contributed by atoms with Crippen LogP contribution in [0.4, 0.5) is 5.69 Å². The van der Waals surface area contributed by atoms with Crippen LogP contribution in [0.15, 0.2) is 30.3 Å². The van der Waals surface area contributed by atoms with E-state index in [0.29, 0.717) is 45.9 Å². The Morgan fingerprint density at radius 3 is 2.44 bits per heavy atom. The Morgan fingerprint density at radius 2 is 1.81 bits per heavy atom. The predicted octanol–water partition coefficient (Wildman–Crippen LogP) is 0.990. The molecule has 2 aliphatic heterocycles. The van der Waals surface area contributed by atoms with Gasteiger partial charge in [0.1, 0.15) is 6.04 Å². The summed E-state index contributed by atoms with van der Waals surface area (Å²) in [7, 11) is 0. The van der Waals surface area contributed by atoms with Crippen LogP contribution < -0.4 is 10.6 Å². The second-order valence-electron chi connectivity index (χ2n) is 6.52. The highest BCUT2D eigenvalue weighted by Gasteiger charge is 2.33. The maximum Gasteiger partial charge on any atom is 0.242 e. The normalized spacial score (nSPS) is 22.9. The maximum absolute atomic E-state index is 12.6. The maximum atomic E-state index is 12.6. The third kappa shape index (κ3) is 6.62. The smallest absolute Gasteiger partial charge is 0.242 e. The van der Waals surface area contributed by atoms with Gasteiger partial charge in [0.2, 0.25) is 11.8 Å². The fraction of sp³-hybridized carbons (Fsp3) is 0.556. The van der Waals surface area contributed by atoms with Crippen LogP contribution in [0.3, 0.4) is 0 Å². The Bertz CT molecular complexity index is 598. The van der Waals surface area contributed by atoms with Gasteiger partial charge in [-0.2, -0.15) is 0 Å². The summed E-state index contributed by atoms with van der Waals surface area (Å²) in [5.74, 6) is 0.0718. The number of para-hydroxylation sites is 1. The molecule has 2 fully saturated rings. The monoisotopic (exact) mass is 418 g/mol. The number of nitrogens with zero attached hydrogens (tertiary/aromatic N) is 2. The van der Waals surface area contributed by atoms with Gasteiger partial charge in [0, 0.05) is 38.4 Å². The van der Waals surface area contributed by atoms with Crippen LogP contribution in [0, 0.1) is 0 Å². The lowest BCUT2D eigenvalue weighted by Crippen LogP contribution is -2.60. The second-order valence-corrected chi connectivity index (χ2v) is 6.52. The molecule has 0 radical (unpaired) electrons. The molecule has 2 amide bonds. The van der Waals surface area contributed by atoms with Gasteiger partial charge >= 0.3 is 0 Å². The Morgan fingerprint density at radius 1 is 1.15 bits per heavy atom. The van der Waals surface area contributed by atoms with Gasteiger partial charge in [-0.05, 0) is 19.1 Å². The van der Waals surface area contributed by atoms with E-state index in [1.54, 1.807) is 0 Å². The van der Waals surface area contributed by atoms with E-state index in [2.05, 4.69) is 15.5 Å². The molecule has 9 heteroatoms. The molecule has 27 heavy (non-hydrogen) atoms. The summed E-state index contributed by atoms with van der Waals surface area (Å²) >= 11 is 0. The van der Waals surface area contributed by atoms with E-state index in [4.69, 9.17) is 4.74 Å². The van der Waals surface area contributed by atoms with Gasteiger partial charge in [0.15, 0.2) is 0 Å². The van der Waals surface area contributed by atoms with Crippen molar-refractivity contribution in [2.75, 3.05) is 51.2 Å². The van der Waals surface area contributed by atoms with Crippen molar-refractivity contribution in [1.82, 2.24) is 15.1 Å². The first kappa shape index (κ1) is 23.7. The van der Waals surface area contributed by atoms with E-state index in [0.717, 1.165) is 5.69 Å². The quantitative estimate of drug-likeness (QED) is 0.762. The molecule has 0 saturated carbocycles. The lowest BCUT2D eigenvalue weighted by Gasteiger charge is -2.38. The van der Waals surface area contributed by atoms with E-state index in [9.17, 15) is 9.59 Å². The summed E-state index contributed by atoms with van der Waals surface area (Å²) in [4.78, 5) is 28.7. The van der Waals surface area contributed by atoms with Crippen LogP contribution in [0.5, 0.6) is 0 Å². The van der Waals surface area contributed by atoms with Crippen molar-refractivity contribution < 1.29 is 14.3 Å². The zero-order chi connectivity index (χ0) is 17.6. The Kier molecular flexibility index (Phi) is 10.0. The molecular formula is C18H28Cl2N4O3. The zero-order valence-electron chi connectivity index (χ0n) is 15.4. The molecule has 2 atom stereocenters. The molecule has 1 aromatic carbocycles. The fourth-order valence-electron chi connectivity index (χ4n) is 3.26. The largest absolute Gasteiger partial charge is 0.375 e. The molecule has 0 aromatic heterocycles. The number of nitrogens with one attached hydrogen (secondary N) is 2. The highest BCUT2D eigenvalue weighted by Crippen LogP contribution is 2.11. The number of benzene rings is 1. The van der Waals surface area contributed by atoms with Crippen molar-refractivity contribution in [1.29, 1.82) is 0 Å². The molecule has 0 aliphatic carbocycles. The molecule has 0 spiro atoms. The first-order chi connectivity index (χ1) is 12.1. The molecule has 7 nitrogen and oxygen atoms in total. The summed E-state index contributed by atoms with van der Waals surface area (Å²) in [6, 6.07) is 9.18. The minimum atomic E-state index is -0.262. The van der Waals surface area contributed by atoms with Crippen molar-refractivity contribution in [3.63, 3.8) is 0 Å². The fourth-order valence-corrected chi connectivity index (χ4v) is 3.26. The van der Waals surface area contributed by atoms with Gasteiger partial charge in [-0.25, -0.2) is 0 Å². The third-order valence-electron chi connectivity index (χ3n) is 4.69. The minimum absolute atomic E-state index is 0. The second kappa shape index (κ2) is 11.5. The third-order valence-corrected chi connectivity index (χ3v) is 4.69. The Hall–Kier alpha value is -1.38. The minimum Gasteiger partial charge on any atom is -0.375 e. The summed E-state index contributed by atoms with van der Waals surface area (Å²) in [5.41, 5.74) is 0.804. The average Bonchev–Trinajstić information content (AvgIpc) is 2.63. The standard InChI is InChI=1S/C18H26N4O3.2ClH/c1-14-17(19-7-12-25-14)18(24)22-10-8-21(9-11-22)13-16(23)20-15-5-3-2-4-6-15;;/h2-6,14,17,19H,7-13H2,1H3,(H,20,23);2*1H/t14-,17+;;/m1../s1. The average molecular weight is 419 g/mol. The number of amides is 2. The number of carbonyl (C=O) groups is 2. The molecule has 2 heterocycles. The van der Waals surface area contributed by atoms with Crippen molar-refractivity contribution >= 4 is 42.3 Å². The van der Waals surface area contributed by atoms with Crippen LogP contribution in [-0.4, -0.2) is 79.6 Å². The van der Waals surface area contributed by atoms with Crippen LogP contribution in [0.25, 0.3) is 0 Å². The van der Waals surface area contributed by atoms with Crippen molar-refractivity contribution in [3.8, 4) is 0 Å². The molecule has 2 N–H and O–H groups in total. The lowest BCUT2D eigenvalue weighted by molar-refractivity contribution is -0.141. The van der Waals surface area contributed by atoms with Crippen LogP contribution in [-0.2, 0) is 14.3 Å². The molecule has 2 saturated heterocycles. The van der Waals surface area contributed by atoms with Gasteiger partial charge in [-0.1, -0.05) is 18.2 Å². The molecule has 152 valence electrons. The molecule has 0 bridgehead atoms. The van der Waals surface area contributed by atoms with Gasteiger partial charge in [-0.15, -0.1) is 24.8 Å². The van der Waals surface area contributed by atoms with Crippen molar-refractivity contribution in [3.05, 3.63) is 30.3 Å². The van der Waals surface area contributed by atoms with Crippen molar-refractivity contribution in [2.24, 2.45) is 0 Å². The molecular weight excluding hydrogens is 391 g/mol. The summed E-state index contributed by atoms with van der Waals surface area (Å²) in [5, 5.41) is 6.14. The number of carbonyl (C=O) groups excluding carboxylic acids is 2. The predicted molar refractivity (Wildman–Crippen MR) is 110 cm³/mol. The first-order valence-electron chi connectivity index (χ1n) is 8.84. The topological polar surface area (TPSA) is 73.9 Å². The first-order valence-corrected chi connectivity index (χ1v) is 8.84. The SMILES string of the molecule is C[C@H]1OCCN[C@@H]1C(=O)N1CCN(CC(=O)Nc2ccccc2)CC1.Cl.Cl. The molecule has 3 rings (SSSR count). The lowest BCUT2D eigenvalue weighted by atomic mass is 10.1. The van der Waals surface area contributed by atoms with E-state index >= 15 is 0 Å². The molecule has 2 aliphatic rings. The molecule has 1 aromatic rings. The van der Waals surface area contributed by atoms with Gasteiger partial charge in [0.05, 0.1) is 19.3 Å². The van der Waals surface area contributed by atoms with E-state index < -0.39 is 0 Å². The van der Waals surface area contributed by atoms with Gasteiger partial charge in [0.25, 0.3) is 0 Å². The number of hydrogen-bond donors (Lipinski definition) is 2. The Labute approximate surface area is 172 Å². The van der Waals surface area contributed by atoms with Crippen LogP contribution >= 0.6 is 24.8 Å². The van der Waals surface area contributed by atoms with Gasteiger partial charge in [-0.3, -0.25) is 14.5 Å². The number of morpholine rings is 1. The van der Waals surface area contributed by atoms with Gasteiger partial charge < -0.3 is 20.3 Å².